The maximum Gasteiger partial charge on any atom is 0.275 e. The van der Waals surface area contributed by atoms with Gasteiger partial charge in [-0.3, -0.25) is 24.5 Å². The first-order valence-corrected chi connectivity index (χ1v) is 4.12. The first-order valence-electron chi connectivity index (χ1n) is 4.12. The molecular formula is C8H6N2O5. The molecule has 1 saturated heterocycles. The molecule has 1 fully saturated rings. The van der Waals surface area contributed by atoms with Crippen LogP contribution in [0.5, 0.6) is 0 Å². The van der Waals surface area contributed by atoms with Crippen molar-refractivity contribution in [2.24, 2.45) is 0 Å². The third-order valence-electron chi connectivity index (χ3n) is 2.10. The molecule has 2 rings (SSSR count). The van der Waals surface area contributed by atoms with Crippen LogP contribution in [0.1, 0.15) is 6.42 Å². The van der Waals surface area contributed by atoms with Crippen LogP contribution < -0.4 is 5.32 Å². The van der Waals surface area contributed by atoms with Gasteiger partial charge in [0.2, 0.25) is 5.91 Å². The van der Waals surface area contributed by atoms with Crippen molar-refractivity contribution in [3.63, 3.8) is 0 Å². The number of hydrogen-bond acceptors (Lipinski definition) is 5. The van der Waals surface area contributed by atoms with Crippen LogP contribution in [0.15, 0.2) is 11.8 Å². The Bertz CT molecular complexity index is 425. The molecule has 0 aromatic rings. The molecule has 2 aliphatic heterocycles. The lowest BCUT2D eigenvalue weighted by Gasteiger charge is -2.12. The fraction of sp³-hybridized carbons (Fsp3) is 0.250. The molecule has 0 bridgehead atoms. The summed E-state index contributed by atoms with van der Waals surface area (Å²) in [5.74, 6) is -3.06. The molecule has 78 valence electrons. The van der Waals surface area contributed by atoms with E-state index in [4.69, 9.17) is 5.11 Å². The van der Waals surface area contributed by atoms with Gasteiger partial charge in [-0.05, 0) is 0 Å². The van der Waals surface area contributed by atoms with Crippen molar-refractivity contribution in [1.82, 2.24) is 10.2 Å². The Labute approximate surface area is 83.3 Å². The molecule has 2 aliphatic rings. The van der Waals surface area contributed by atoms with E-state index in [2.05, 4.69) is 0 Å². The zero-order chi connectivity index (χ0) is 11.2. The Morgan fingerprint density at radius 2 is 2.00 bits per heavy atom. The Hall–Kier alpha value is -2.02. The zero-order valence-corrected chi connectivity index (χ0v) is 7.39. The van der Waals surface area contributed by atoms with Crippen LogP contribution in [0.2, 0.25) is 0 Å². The van der Waals surface area contributed by atoms with Gasteiger partial charge in [-0.2, -0.15) is 0 Å². The zero-order valence-electron chi connectivity index (χ0n) is 7.39. The van der Waals surface area contributed by atoms with Crippen molar-refractivity contribution in [1.29, 1.82) is 0 Å². The second-order valence-electron chi connectivity index (χ2n) is 3.14. The number of nitrogens with zero attached hydrogens (tertiary/aromatic N) is 1. The Morgan fingerprint density at radius 1 is 1.33 bits per heavy atom. The van der Waals surface area contributed by atoms with E-state index in [1.54, 1.807) is 0 Å². The Balaban J connectivity index is 2.36. The average molecular weight is 210 g/mol. The summed E-state index contributed by atoms with van der Waals surface area (Å²) in [6.07, 6.45) is -0.935. The highest BCUT2D eigenvalue weighted by molar-refractivity contribution is 6.21. The van der Waals surface area contributed by atoms with Gasteiger partial charge in [0.05, 0.1) is 6.42 Å². The van der Waals surface area contributed by atoms with Crippen LogP contribution in [0.3, 0.4) is 0 Å². The van der Waals surface area contributed by atoms with Gasteiger partial charge in [0, 0.05) is 6.08 Å². The van der Waals surface area contributed by atoms with Gasteiger partial charge >= 0.3 is 0 Å². The van der Waals surface area contributed by atoms with E-state index in [1.165, 1.54) is 0 Å². The quantitative estimate of drug-likeness (QED) is 0.471. The van der Waals surface area contributed by atoms with Crippen molar-refractivity contribution in [3.05, 3.63) is 11.8 Å². The van der Waals surface area contributed by atoms with Crippen LogP contribution in [-0.4, -0.2) is 39.7 Å². The van der Waals surface area contributed by atoms with Crippen LogP contribution in [0, 0.1) is 0 Å². The standard InChI is InChI=1S/C8H6N2O5/c11-4-2-6(13)10(8(4)15)3-1-5(12)9-7(3)14/h1,4,11H,2H2,(H,9,12,14). The molecule has 0 aliphatic carbocycles. The SMILES string of the molecule is O=C1C=C(N2C(=O)CC(O)C2=O)C(=O)N1. The number of carbonyl (C=O) groups is 4. The van der Waals surface area contributed by atoms with E-state index in [9.17, 15) is 19.2 Å². The molecule has 4 amide bonds. The van der Waals surface area contributed by atoms with Gasteiger partial charge < -0.3 is 5.11 Å². The highest BCUT2D eigenvalue weighted by Gasteiger charge is 2.43. The number of nitrogens with one attached hydrogen (secondary N) is 1. The van der Waals surface area contributed by atoms with Crippen molar-refractivity contribution in [2.45, 2.75) is 12.5 Å². The van der Waals surface area contributed by atoms with Gasteiger partial charge in [0.1, 0.15) is 11.8 Å². The average Bonchev–Trinajstić information content (AvgIpc) is 2.56. The van der Waals surface area contributed by atoms with E-state index in [1.807, 2.05) is 5.32 Å². The number of aliphatic hydroxyl groups is 1. The molecule has 2 N–H and O–H groups in total. The van der Waals surface area contributed by atoms with Crippen LogP contribution >= 0.6 is 0 Å². The van der Waals surface area contributed by atoms with E-state index in [-0.39, 0.29) is 12.1 Å². The third-order valence-corrected chi connectivity index (χ3v) is 2.10. The monoisotopic (exact) mass is 210 g/mol. The highest BCUT2D eigenvalue weighted by atomic mass is 16.3. The highest BCUT2D eigenvalue weighted by Crippen LogP contribution is 2.20. The predicted octanol–water partition coefficient (Wildman–Crippen LogP) is -2.35. The number of imide groups is 2. The van der Waals surface area contributed by atoms with Gasteiger partial charge in [0.15, 0.2) is 0 Å². The maximum absolute atomic E-state index is 11.3. The van der Waals surface area contributed by atoms with Gasteiger partial charge in [-0.15, -0.1) is 0 Å². The summed E-state index contributed by atoms with van der Waals surface area (Å²) in [4.78, 5) is 45.0. The summed E-state index contributed by atoms with van der Waals surface area (Å²) in [7, 11) is 0. The number of likely N-dealkylation sites (tertiary alicyclic amines) is 1. The smallest absolute Gasteiger partial charge is 0.275 e. The number of rotatable bonds is 1. The first-order chi connectivity index (χ1) is 7.00. The van der Waals surface area contributed by atoms with Gasteiger partial charge in [-0.1, -0.05) is 0 Å². The van der Waals surface area contributed by atoms with E-state index in [0.717, 1.165) is 6.08 Å². The maximum atomic E-state index is 11.3. The summed E-state index contributed by atoms with van der Waals surface area (Å²) < 4.78 is 0. The molecule has 7 nitrogen and oxygen atoms in total. The fourth-order valence-corrected chi connectivity index (χ4v) is 1.44. The minimum atomic E-state index is -1.43. The predicted molar refractivity (Wildman–Crippen MR) is 43.7 cm³/mol. The Morgan fingerprint density at radius 3 is 2.40 bits per heavy atom. The molecule has 0 saturated carbocycles. The number of carbonyl (C=O) groups excluding carboxylic acids is 4. The van der Waals surface area contributed by atoms with Crippen molar-refractivity contribution >= 4 is 23.6 Å². The number of aliphatic hydroxyl groups excluding tert-OH is 1. The molecule has 7 heteroatoms. The lowest BCUT2D eigenvalue weighted by molar-refractivity contribution is -0.140. The largest absolute Gasteiger partial charge is 0.383 e. The summed E-state index contributed by atoms with van der Waals surface area (Å²) >= 11 is 0. The minimum Gasteiger partial charge on any atom is -0.383 e. The first kappa shape index (κ1) is 9.53. The molecular weight excluding hydrogens is 204 g/mol. The normalized spacial score (nSPS) is 26.1. The van der Waals surface area contributed by atoms with Crippen molar-refractivity contribution in [3.8, 4) is 0 Å². The van der Waals surface area contributed by atoms with Gasteiger partial charge in [0.25, 0.3) is 17.7 Å². The topological polar surface area (TPSA) is 104 Å². The molecule has 1 atom stereocenters. The lowest BCUT2D eigenvalue weighted by Crippen LogP contribution is -2.36. The fourth-order valence-electron chi connectivity index (χ4n) is 1.44. The van der Waals surface area contributed by atoms with E-state index < -0.39 is 29.7 Å². The van der Waals surface area contributed by atoms with Crippen molar-refractivity contribution < 1.29 is 24.3 Å². The molecule has 2 heterocycles. The third kappa shape index (κ3) is 1.33. The molecule has 0 aromatic carbocycles. The van der Waals surface area contributed by atoms with E-state index >= 15 is 0 Å². The second kappa shape index (κ2) is 2.99. The van der Waals surface area contributed by atoms with Crippen LogP contribution in [0.25, 0.3) is 0 Å². The second-order valence-corrected chi connectivity index (χ2v) is 3.14. The molecule has 15 heavy (non-hydrogen) atoms. The molecule has 0 aromatic heterocycles. The van der Waals surface area contributed by atoms with Gasteiger partial charge in [-0.25, -0.2) is 4.90 Å². The van der Waals surface area contributed by atoms with Crippen LogP contribution in [0.4, 0.5) is 0 Å². The molecule has 1 unspecified atom stereocenters. The number of amides is 4. The summed E-state index contributed by atoms with van der Waals surface area (Å²) in [6.45, 7) is 0. The molecule has 0 spiro atoms. The number of hydrogen-bond donors (Lipinski definition) is 2. The minimum absolute atomic E-state index is 0.327. The molecule has 0 radical (unpaired) electrons. The van der Waals surface area contributed by atoms with Crippen molar-refractivity contribution in [2.75, 3.05) is 0 Å². The summed E-state index contributed by atoms with van der Waals surface area (Å²) in [5, 5.41) is 11.0. The summed E-state index contributed by atoms with van der Waals surface area (Å²) in [6, 6.07) is 0. The van der Waals surface area contributed by atoms with E-state index in [0.29, 0.717) is 4.90 Å². The van der Waals surface area contributed by atoms with Crippen LogP contribution in [-0.2, 0) is 19.2 Å². The lowest BCUT2D eigenvalue weighted by atomic mass is 10.3. The summed E-state index contributed by atoms with van der Waals surface area (Å²) in [5.41, 5.74) is -0.327. The Kier molecular flexibility index (Phi) is 1.90.